The van der Waals surface area contributed by atoms with Gasteiger partial charge in [0.2, 0.25) is 10.0 Å². The fraction of sp³-hybridized carbons (Fsp3) is 1.00. The summed E-state index contributed by atoms with van der Waals surface area (Å²) in [5, 5.41) is 18.3. The molecule has 2 N–H and O–H groups in total. The fourth-order valence-electron chi connectivity index (χ4n) is 4.68. The molecule has 3 heterocycles. The molecule has 28 heavy (non-hydrogen) atoms. The first-order chi connectivity index (χ1) is 13.3. The molecule has 0 spiro atoms. The number of aliphatic hydroxyl groups is 2. The molecule has 0 saturated carbocycles. The lowest BCUT2D eigenvalue weighted by Gasteiger charge is -2.46. The van der Waals surface area contributed by atoms with Gasteiger partial charge in [0.05, 0.1) is 0 Å². The van der Waals surface area contributed by atoms with Crippen molar-refractivity contribution in [2.24, 2.45) is 11.8 Å². The van der Waals surface area contributed by atoms with Crippen molar-refractivity contribution < 1.29 is 27.0 Å². The minimum Gasteiger partial charge on any atom is -0.396 e. The molecule has 3 aliphatic rings. The summed E-state index contributed by atoms with van der Waals surface area (Å²) in [5.74, 6) is -1.28. The maximum Gasteiger partial charge on any atom is 0.283 e. The summed E-state index contributed by atoms with van der Waals surface area (Å²) in [6.45, 7) is 0.823. The molecule has 3 rings (SSSR count). The summed E-state index contributed by atoms with van der Waals surface area (Å²) in [6.07, 6.45) is 5.28. The highest BCUT2D eigenvalue weighted by Gasteiger charge is 2.52. The first-order valence-electron chi connectivity index (χ1n) is 10.3. The van der Waals surface area contributed by atoms with Crippen LogP contribution in [-0.2, 0) is 20.2 Å². The highest BCUT2D eigenvalue weighted by molar-refractivity contribution is 7.92. The summed E-state index contributed by atoms with van der Waals surface area (Å²) in [4.78, 5) is 0. The zero-order valence-electron chi connectivity index (χ0n) is 16.3. The van der Waals surface area contributed by atoms with Gasteiger partial charge in [-0.3, -0.25) is 0 Å². The van der Waals surface area contributed by atoms with Crippen LogP contribution in [0.3, 0.4) is 0 Å². The van der Waals surface area contributed by atoms with E-state index in [0.717, 1.165) is 42.8 Å². The standard InChI is InChI=1S/C17H33N3O6S2/c21-13-15-7-12-20(28(25,26)19-10-5-2-6-11-19)17(16(15)14-22)27(23,24)18-8-3-1-4-9-18/h15-17,21-22H,1-14H2. The van der Waals surface area contributed by atoms with Crippen LogP contribution in [0.1, 0.15) is 44.9 Å². The Hall–Kier alpha value is -0.300. The van der Waals surface area contributed by atoms with Crippen LogP contribution in [0.5, 0.6) is 0 Å². The average Bonchev–Trinajstić information content (AvgIpc) is 2.73. The predicted octanol–water partition coefficient (Wildman–Crippen LogP) is -0.218. The van der Waals surface area contributed by atoms with Crippen molar-refractivity contribution >= 4 is 20.2 Å². The first-order valence-corrected chi connectivity index (χ1v) is 13.2. The molecule has 0 aliphatic carbocycles. The number of aliphatic hydroxyl groups excluding tert-OH is 2. The molecule has 3 unspecified atom stereocenters. The number of piperidine rings is 3. The van der Waals surface area contributed by atoms with Gasteiger partial charge in [-0.1, -0.05) is 12.8 Å². The first kappa shape index (κ1) is 22.4. The zero-order valence-corrected chi connectivity index (χ0v) is 18.0. The van der Waals surface area contributed by atoms with E-state index in [2.05, 4.69) is 0 Å². The third kappa shape index (κ3) is 4.26. The molecule has 0 aromatic carbocycles. The van der Waals surface area contributed by atoms with Crippen molar-refractivity contribution in [1.82, 2.24) is 12.9 Å². The monoisotopic (exact) mass is 439 g/mol. The highest BCUT2D eigenvalue weighted by Crippen LogP contribution is 2.37. The summed E-state index contributed by atoms with van der Waals surface area (Å²) in [6, 6.07) is 0. The number of hydrogen-bond acceptors (Lipinski definition) is 6. The third-order valence-electron chi connectivity index (χ3n) is 6.34. The Balaban J connectivity index is 1.99. The molecule has 3 saturated heterocycles. The Morgan fingerprint density at radius 1 is 0.714 bits per heavy atom. The molecule has 0 radical (unpaired) electrons. The molecule has 3 aliphatic heterocycles. The van der Waals surface area contributed by atoms with Gasteiger partial charge in [-0.25, -0.2) is 12.7 Å². The van der Waals surface area contributed by atoms with Gasteiger partial charge < -0.3 is 10.2 Å². The molecule has 3 atom stereocenters. The minimum atomic E-state index is -3.98. The molecule has 164 valence electrons. The van der Waals surface area contributed by atoms with Crippen LogP contribution in [-0.4, -0.2) is 91.3 Å². The largest absolute Gasteiger partial charge is 0.396 e. The maximum absolute atomic E-state index is 13.5. The highest BCUT2D eigenvalue weighted by atomic mass is 32.2. The Bertz CT molecular complexity index is 717. The van der Waals surface area contributed by atoms with E-state index in [1.165, 1.54) is 8.61 Å². The topological polar surface area (TPSA) is 118 Å². The number of rotatable bonds is 6. The molecule has 0 aromatic heterocycles. The summed E-state index contributed by atoms with van der Waals surface area (Å²) in [7, 11) is -7.94. The molecule has 0 bridgehead atoms. The van der Waals surface area contributed by atoms with E-state index in [4.69, 9.17) is 0 Å². The second-order valence-corrected chi connectivity index (χ2v) is 12.0. The minimum absolute atomic E-state index is 0.0400. The second-order valence-electron chi connectivity index (χ2n) is 8.05. The Morgan fingerprint density at radius 3 is 1.75 bits per heavy atom. The SMILES string of the molecule is O=S(=O)(C1C(CO)C(CO)CCN1S(=O)(=O)N1CCCCC1)N1CCCCC1. The van der Waals surface area contributed by atoms with Crippen LogP contribution < -0.4 is 0 Å². The zero-order chi connectivity index (χ0) is 20.4. The van der Waals surface area contributed by atoms with Crippen LogP contribution in [0.15, 0.2) is 0 Å². The van der Waals surface area contributed by atoms with E-state index in [1.807, 2.05) is 0 Å². The van der Waals surface area contributed by atoms with Gasteiger partial charge in [0.15, 0.2) is 0 Å². The molecule has 0 aromatic rings. The quantitative estimate of drug-likeness (QED) is 0.591. The summed E-state index contributed by atoms with van der Waals surface area (Å²) in [5.41, 5.74) is 0. The van der Waals surface area contributed by atoms with Crippen LogP contribution in [0.4, 0.5) is 0 Å². The van der Waals surface area contributed by atoms with E-state index < -0.39 is 44.0 Å². The third-order valence-corrected chi connectivity index (χ3v) is 10.8. The van der Waals surface area contributed by atoms with Gasteiger partial charge in [0.25, 0.3) is 10.2 Å². The Morgan fingerprint density at radius 2 is 1.25 bits per heavy atom. The Labute approximate surface area is 168 Å². The smallest absolute Gasteiger partial charge is 0.283 e. The predicted molar refractivity (Wildman–Crippen MR) is 105 cm³/mol. The van der Waals surface area contributed by atoms with E-state index >= 15 is 0 Å². The molecular weight excluding hydrogens is 406 g/mol. The molecule has 3 fully saturated rings. The van der Waals surface area contributed by atoms with Crippen molar-refractivity contribution in [3.05, 3.63) is 0 Å². The molecule has 11 heteroatoms. The van der Waals surface area contributed by atoms with E-state index in [-0.39, 0.29) is 13.2 Å². The van der Waals surface area contributed by atoms with Crippen LogP contribution in [0, 0.1) is 11.8 Å². The van der Waals surface area contributed by atoms with E-state index in [0.29, 0.717) is 32.6 Å². The normalized spacial score (nSPS) is 32.4. The molecule has 9 nitrogen and oxygen atoms in total. The number of hydrogen-bond donors (Lipinski definition) is 2. The van der Waals surface area contributed by atoms with Crippen molar-refractivity contribution in [3.8, 4) is 0 Å². The van der Waals surface area contributed by atoms with Gasteiger partial charge in [0, 0.05) is 51.9 Å². The van der Waals surface area contributed by atoms with Gasteiger partial charge in [-0.05, 0) is 38.0 Å². The maximum atomic E-state index is 13.5. The van der Waals surface area contributed by atoms with Gasteiger partial charge >= 0.3 is 0 Å². The van der Waals surface area contributed by atoms with Crippen LogP contribution in [0.25, 0.3) is 0 Å². The number of sulfonamides is 1. The van der Waals surface area contributed by atoms with Gasteiger partial charge in [-0.15, -0.1) is 0 Å². The summed E-state index contributed by atoms with van der Waals surface area (Å²) < 4.78 is 57.6. The van der Waals surface area contributed by atoms with Crippen molar-refractivity contribution in [1.29, 1.82) is 0 Å². The lowest BCUT2D eigenvalue weighted by molar-refractivity contribution is 0.0512. The fourth-order valence-corrected chi connectivity index (χ4v) is 9.33. The summed E-state index contributed by atoms with van der Waals surface area (Å²) >= 11 is 0. The van der Waals surface area contributed by atoms with Gasteiger partial charge in [0.1, 0.15) is 5.37 Å². The van der Waals surface area contributed by atoms with Crippen molar-refractivity contribution in [3.63, 3.8) is 0 Å². The van der Waals surface area contributed by atoms with E-state index in [9.17, 15) is 27.0 Å². The van der Waals surface area contributed by atoms with Crippen LogP contribution in [0.2, 0.25) is 0 Å². The lowest BCUT2D eigenvalue weighted by Crippen LogP contribution is -2.62. The van der Waals surface area contributed by atoms with Crippen LogP contribution >= 0.6 is 0 Å². The lowest BCUT2D eigenvalue weighted by atomic mass is 9.87. The van der Waals surface area contributed by atoms with Gasteiger partial charge in [-0.2, -0.15) is 17.0 Å². The van der Waals surface area contributed by atoms with Crippen molar-refractivity contribution in [2.45, 2.75) is 50.3 Å². The Kier molecular flexibility index (Phi) is 7.38. The number of nitrogens with zero attached hydrogens (tertiary/aromatic N) is 3. The second kappa shape index (κ2) is 9.23. The average molecular weight is 440 g/mol. The molecular formula is C17H33N3O6S2. The van der Waals surface area contributed by atoms with E-state index in [1.54, 1.807) is 0 Å². The molecule has 0 amide bonds. The van der Waals surface area contributed by atoms with Crippen molar-refractivity contribution in [2.75, 3.05) is 45.9 Å².